The van der Waals surface area contributed by atoms with Gasteiger partial charge in [-0.05, 0) is 38.5 Å². The molecule has 12 heteroatoms. The predicted molar refractivity (Wildman–Crippen MR) is 126 cm³/mol. The fourth-order valence-corrected chi connectivity index (χ4v) is 5.97. The van der Waals surface area contributed by atoms with E-state index < -0.39 is 58.5 Å². The third-order valence-corrected chi connectivity index (χ3v) is 8.65. The van der Waals surface area contributed by atoms with Gasteiger partial charge in [-0.25, -0.2) is 0 Å². The van der Waals surface area contributed by atoms with Crippen LogP contribution in [0.25, 0.3) is 0 Å². The van der Waals surface area contributed by atoms with E-state index in [9.17, 15) is 28.5 Å². The van der Waals surface area contributed by atoms with Crippen LogP contribution in [-0.4, -0.2) is 68.4 Å². The van der Waals surface area contributed by atoms with Crippen LogP contribution in [0.2, 0.25) is 0 Å². The van der Waals surface area contributed by atoms with Gasteiger partial charge in [-0.15, -0.1) is 0 Å². The molecule has 5 amide bonds. The number of hydrogen-bond donors (Lipinski definition) is 4. The molecular formula is C23H33N5O6S. The van der Waals surface area contributed by atoms with Gasteiger partial charge in [-0.2, -0.15) is 4.72 Å². The SMILES string of the molecule is NC(=O)C(=O)N[C@H]1CCCCC/C=C\[C@@H]2C[C@@]2(C(=O)N[S+]([O-])C2CC2)NC(=O)[C@@H]2CCCN2C1=O. The first-order valence-corrected chi connectivity index (χ1v) is 13.6. The van der Waals surface area contributed by atoms with Crippen molar-refractivity contribution in [2.45, 2.75) is 87.1 Å². The van der Waals surface area contributed by atoms with E-state index in [2.05, 4.69) is 15.4 Å². The molecule has 11 nitrogen and oxygen atoms in total. The van der Waals surface area contributed by atoms with Crippen LogP contribution < -0.4 is 21.1 Å². The Morgan fingerprint density at radius 2 is 1.89 bits per heavy atom. The molecule has 3 fully saturated rings. The van der Waals surface area contributed by atoms with Gasteiger partial charge in [0.1, 0.15) is 22.9 Å². The van der Waals surface area contributed by atoms with Crippen LogP contribution in [0.1, 0.15) is 64.2 Å². The summed E-state index contributed by atoms with van der Waals surface area (Å²) in [5.41, 5.74) is 3.88. The van der Waals surface area contributed by atoms with E-state index in [4.69, 9.17) is 5.73 Å². The summed E-state index contributed by atoms with van der Waals surface area (Å²) in [6.45, 7) is 0.327. The number of allylic oxidation sites excluding steroid dienone is 1. The van der Waals surface area contributed by atoms with E-state index in [1.165, 1.54) is 4.90 Å². The number of carbonyl (C=O) groups is 5. The Balaban J connectivity index is 1.54. The Labute approximate surface area is 207 Å². The molecule has 4 aliphatic rings. The molecule has 2 aliphatic carbocycles. The lowest BCUT2D eigenvalue weighted by atomic mass is 10.0. The van der Waals surface area contributed by atoms with E-state index in [0.29, 0.717) is 38.6 Å². The zero-order valence-electron chi connectivity index (χ0n) is 19.6. The Bertz CT molecular complexity index is 924. The van der Waals surface area contributed by atoms with E-state index in [0.717, 1.165) is 32.1 Å². The summed E-state index contributed by atoms with van der Waals surface area (Å²) in [6.07, 6.45) is 10.3. The Hall–Kier alpha value is -2.60. The standard InChI is InChI=1S/C23H33N5O6S/c24-18(29)20(31)25-16-8-5-3-1-2-4-7-14-13-23(14,22(33)27-35(34)15-10-11-15)26-19(30)17-9-6-12-28(17)21(16)32/h4,7,14-17H,1-3,5-6,8-13H2,(H2,24,29)(H,25,31)(H,26,30)(H,27,33)/b7-4-/t14-,16+,17+,23-,35?/m1/s1. The maximum atomic E-state index is 13.3. The summed E-state index contributed by atoms with van der Waals surface area (Å²) in [6, 6.07) is -1.76. The van der Waals surface area contributed by atoms with Crippen molar-refractivity contribution >= 4 is 40.9 Å². The predicted octanol–water partition coefficient (Wildman–Crippen LogP) is -0.715. The summed E-state index contributed by atoms with van der Waals surface area (Å²) in [5, 5.41) is 5.26. The molecule has 0 bridgehead atoms. The topological polar surface area (TPSA) is 174 Å². The van der Waals surface area contributed by atoms with Gasteiger partial charge in [0.2, 0.25) is 11.8 Å². The molecule has 192 valence electrons. The zero-order valence-corrected chi connectivity index (χ0v) is 20.4. The molecule has 35 heavy (non-hydrogen) atoms. The molecule has 2 heterocycles. The zero-order chi connectivity index (χ0) is 25.2. The van der Waals surface area contributed by atoms with Crippen molar-refractivity contribution in [1.29, 1.82) is 0 Å². The van der Waals surface area contributed by atoms with Crippen molar-refractivity contribution in [2.24, 2.45) is 11.7 Å². The lowest BCUT2D eigenvalue weighted by Crippen LogP contribution is -2.58. The second kappa shape index (κ2) is 10.6. The highest BCUT2D eigenvalue weighted by atomic mass is 32.2. The van der Waals surface area contributed by atoms with Gasteiger partial charge in [0, 0.05) is 25.3 Å². The molecule has 0 aromatic carbocycles. The molecule has 1 saturated heterocycles. The van der Waals surface area contributed by atoms with Gasteiger partial charge >= 0.3 is 11.8 Å². The molecule has 0 aromatic heterocycles. The monoisotopic (exact) mass is 507 g/mol. The van der Waals surface area contributed by atoms with Crippen molar-refractivity contribution in [3.8, 4) is 0 Å². The second-order valence-corrected chi connectivity index (χ2v) is 11.3. The lowest BCUT2D eigenvalue weighted by Gasteiger charge is -2.30. The van der Waals surface area contributed by atoms with Gasteiger partial charge < -0.3 is 25.8 Å². The molecule has 0 radical (unpaired) electrons. The maximum Gasteiger partial charge on any atom is 0.309 e. The number of amides is 5. The highest BCUT2D eigenvalue weighted by Gasteiger charge is 2.62. The van der Waals surface area contributed by atoms with Gasteiger partial charge in [-0.3, -0.25) is 24.0 Å². The van der Waals surface area contributed by atoms with Gasteiger partial charge in [-0.1, -0.05) is 25.0 Å². The number of fused-ring (bicyclic) bond motifs is 2. The smallest absolute Gasteiger partial charge is 0.309 e. The third kappa shape index (κ3) is 5.80. The summed E-state index contributed by atoms with van der Waals surface area (Å²) in [5.74, 6) is -3.77. The fraction of sp³-hybridized carbons (Fsp3) is 0.696. The Kier molecular flexibility index (Phi) is 7.70. The summed E-state index contributed by atoms with van der Waals surface area (Å²) in [7, 11) is 0. The van der Waals surface area contributed by atoms with Crippen molar-refractivity contribution in [3.05, 3.63) is 12.2 Å². The number of rotatable bonds is 4. The molecule has 2 aliphatic heterocycles. The van der Waals surface area contributed by atoms with Crippen LogP contribution in [-0.2, 0) is 35.3 Å². The number of carbonyl (C=O) groups excluding carboxylic acids is 5. The van der Waals surface area contributed by atoms with Crippen molar-refractivity contribution < 1.29 is 28.5 Å². The number of hydrogen-bond acceptors (Lipinski definition) is 6. The molecule has 5 atom stereocenters. The van der Waals surface area contributed by atoms with E-state index in [1.807, 2.05) is 12.2 Å². The normalized spacial score (nSPS) is 33.2. The van der Waals surface area contributed by atoms with Crippen molar-refractivity contribution in [3.63, 3.8) is 0 Å². The highest BCUT2D eigenvalue weighted by Crippen LogP contribution is 2.46. The molecule has 5 N–H and O–H groups in total. The van der Waals surface area contributed by atoms with Crippen LogP contribution in [0.3, 0.4) is 0 Å². The number of nitrogens with zero attached hydrogens (tertiary/aromatic N) is 1. The average Bonchev–Trinajstić information content (AvgIpc) is 3.73. The van der Waals surface area contributed by atoms with Crippen LogP contribution in [0.15, 0.2) is 12.2 Å². The minimum atomic E-state index is -1.48. The van der Waals surface area contributed by atoms with Gasteiger partial charge in [0.25, 0.3) is 5.91 Å². The van der Waals surface area contributed by atoms with E-state index >= 15 is 0 Å². The van der Waals surface area contributed by atoms with Crippen molar-refractivity contribution in [1.82, 2.24) is 20.3 Å². The molecule has 2 saturated carbocycles. The van der Waals surface area contributed by atoms with E-state index in [-0.39, 0.29) is 11.2 Å². The molecule has 4 rings (SSSR count). The van der Waals surface area contributed by atoms with E-state index in [1.54, 1.807) is 0 Å². The number of primary amides is 1. The van der Waals surface area contributed by atoms with Crippen LogP contribution >= 0.6 is 0 Å². The highest BCUT2D eigenvalue weighted by molar-refractivity contribution is 7.90. The summed E-state index contributed by atoms with van der Waals surface area (Å²) in [4.78, 5) is 64.4. The lowest BCUT2D eigenvalue weighted by molar-refractivity contribution is -0.144. The first-order chi connectivity index (χ1) is 16.7. The van der Waals surface area contributed by atoms with Gasteiger partial charge in [0.05, 0.1) is 11.4 Å². The molecule has 0 aromatic rings. The average molecular weight is 508 g/mol. The quantitative estimate of drug-likeness (QED) is 0.222. The Morgan fingerprint density at radius 3 is 2.60 bits per heavy atom. The molecule has 0 spiro atoms. The fourth-order valence-electron chi connectivity index (χ4n) is 4.87. The van der Waals surface area contributed by atoms with Crippen LogP contribution in [0, 0.1) is 5.92 Å². The van der Waals surface area contributed by atoms with Gasteiger partial charge in [0.15, 0.2) is 0 Å². The van der Waals surface area contributed by atoms with Crippen LogP contribution in [0.5, 0.6) is 0 Å². The minimum Gasteiger partial charge on any atom is -0.593 e. The summed E-state index contributed by atoms with van der Waals surface area (Å²) >= 11 is -1.48. The Morgan fingerprint density at radius 1 is 1.11 bits per heavy atom. The number of nitrogens with one attached hydrogen (secondary N) is 3. The third-order valence-electron chi connectivity index (χ3n) is 7.18. The van der Waals surface area contributed by atoms with Crippen LogP contribution in [0.4, 0.5) is 0 Å². The summed E-state index contributed by atoms with van der Waals surface area (Å²) < 4.78 is 14.9. The first-order valence-electron chi connectivity index (χ1n) is 12.3. The largest absolute Gasteiger partial charge is 0.593 e. The second-order valence-electron chi connectivity index (χ2n) is 9.85. The molecule has 1 unspecified atom stereocenters. The maximum absolute atomic E-state index is 13.3. The van der Waals surface area contributed by atoms with Crippen molar-refractivity contribution in [2.75, 3.05) is 6.54 Å². The minimum absolute atomic E-state index is 0.0310. The first kappa shape index (κ1) is 25.5. The molecular weight excluding hydrogens is 474 g/mol. The number of nitrogens with two attached hydrogens (primary N) is 1.